The molecule has 2 amide bonds. The van der Waals surface area contributed by atoms with Crippen LogP contribution in [0.1, 0.15) is 32.1 Å². The Balaban J connectivity index is 1.46. The Morgan fingerprint density at radius 1 is 1.17 bits per heavy atom. The number of amides is 2. The average molecular weight is 332 g/mol. The molecule has 0 aliphatic heterocycles. The first kappa shape index (κ1) is 16.4. The summed E-state index contributed by atoms with van der Waals surface area (Å²) in [6.45, 7) is 0.135. The SMILES string of the molecule is O=C(Nc1ccc(SC2CCCC2)cc1)N[C@@H]1C=C[C@H](CO)C1. The fourth-order valence-electron chi connectivity index (χ4n) is 3.17. The van der Waals surface area contributed by atoms with E-state index >= 15 is 0 Å². The van der Waals surface area contributed by atoms with Crippen molar-refractivity contribution in [2.75, 3.05) is 11.9 Å². The highest BCUT2D eigenvalue weighted by Gasteiger charge is 2.20. The van der Waals surface area contributed by atoms with Gasteiger partial charge in [0.1, 0.15) is 0 Å². The van der Waals surface area contributed by atoms with Gasteiger partial charge in [0.2, 0.25) is 0 Å². The minimum absolute atomic E-state index is 0.00402. The topological polar surface area (TPSA) is 61.4 Å². The zero-order chi connectivity index (χ0) is 16.1. The molecular weight excluding hydrogens is 308 g/mol. The second-order valence-electron chi connectivity index (χ2n) is 6.32. The molecular formula is C18H24N2O2S. The normalized spacial score (nSPS) is 24.0. The van der Waals surface area contributed by atoms with Crippen LogP contribution in [-0.2, 0) is 0 Å². The highest BCUT2D eigenvalue weighted by atomic mass is 32.2. The molecule has 1 saturated carbocycles. The number of nitrogens with one attached hydrogen (secondary N) is 2. The van der Waals surface area contributed by atoms with Gasteiger partial charge in [-0.3, -0.25) is 0 Å². The lowest BCUT2D eigenvalue weighted by Gasteiger charge is -2.14. The lowest BCUT2D eigenvalue weighted by atomic mass is 10.1. The van der Waals surface area contributed by atoms with E-state index in [9.17, 15) is 4.79 Å². The van der Waals surface area contributed by atoms with Crippen molar-refractivity contribution in [2.24, 2.45) is 5.92 Å². The Morgan fingerprint density at radius 3 is 2.57 bits per heavy atom. The van der Waals surface area contributed by atoms with Gasteiger partial charge in [-0.15, -0.1) is 11.8 Å². The Hall–Kier alpha value is -1.46. The summed E-state index contributed by atoms with van der Waals surface area (Å²) >= 11 is 1.95. The molecule has 1 fully saturated rings. The highest BCUT2D eigenvalue weighted by Crippen LogP contribution is 2.34. The van der Waals surface area contributed by atoms with Gasteiger partial charge in [0.05, 0.1) is 0 Å². The summed E-state index contributed by atoms with van der Waals surface area (Å²) in [5.41, 5.74) is 0.805. The number of benzene rings is 1. The molecule has 3 rings (SSSR count). The van der Waals surface area contributed by atoms with Gasteiger partial charge in [0.25, 0.3) is 0 Å². The highest BCUT2D eigenvalue weighted by molar-refractivity contribution is 8.00. The van der Waals surface area contributed by atoms with E-state index in [4.69, 9.17) is 5.11 Å². The van der Waals surface area contributed by atoms with Crippen LogP contribution in [0.25, 0.3) is 0 Å². The van der Waals surface area contributed by atoms with Gasteiger partial charge in [-0.05, 0) is 43.5 Å². The fraction of sp³-hybridized carbons (Fsp3) is 0.500. The standard InChI is InChI=1S/C18H24N2O2S/c21-12-13-5-6-15(11-13)20-18(22)19-14-7-9-17(10-8-14)23-16-3-1-2-4-16/h5-10,13,15-16,21H,1-4,11-12H2,(H2,19,20,22)/t13-,15+/m0/s1. The summed E-state index contributed by atoms with van der Waals surface area (Å²) in [6, 6.07) is 7.88. The molecule has 3 N–H and O–H groups in total. The lowest BCUT2D eigenvalue weighted by molar-refractivity contribution is 0.238. The van der Waals surface area contributed by atoms with E-state index in [0.717, 1.165) is 17.4 Å². The first-order chi connectivity index (χ1) is 11.2. The van der Waals surface area contributed by atoms with E-state index in [2.05, 4.69) is 22.8 Å². The summed E-state index contributed by atoms with van der Waals surface area (Å²) in [7, 11) is 0. The molecule has 1 aromatic carbocycles. The van der Waals surface area contributed by atoms with Crippen LogP contribution in [0.4, 0.5) is 10.5 Å². The molecule has 23 heavy (non-hydrogen) atoms. The van der Waals surface area contributed by atoms with Gasteiger partial charge < -0.3 is 15.7 Å². The van der Waals surface area contributed by atoms with Crippen LogP contribution in [-0.4, -0.2) is 29.0 Å². The number of aliphatic hydroxyl groups is 1. The maximum absolute atomic E-state index is 12.0. The van der Waals surface area contributed by atoms with Crippen molar-refractivity contribution in [2.45, 2.75) is 48.3 Å². The zero-order valence-corrected chi connectivity index (χ0v) is 14.0. The predicted molar refractivity (Wildman–Crippen MR) is 94.8 cm³/mol. The zero-order valence-electron chi connectivity index (χ0n) is 13.2. The summed E-state index contributed by atoms with van der Waals surface area (Å²) in [6.07, 6.45) is 10.0. The average Bonchev–Trinajstić information content (AvgIpc) is 3.21. The Labute approximate surface area is 141 Å². The summed E-state index contributed by atoms with van der Waals surface area (Å²) in [4.78, 5) is 13.3. The Kier molecular flexibility index (Phi) is 5.62. The molecule has 0 aromatic heterocycles. The molecule has 4 nitrogen and oxygen atoms in total. The van der Waals surface area contributed by atoms with Crippen LogP contribution in [0.5, 0.6) is 0 Å². The molecule has 1 aromatic rings. The first-order valence-corrected chi connectivity index (χ1v) is 9.24. The van der Waals surface area contributed by atoms with Crippen LogP contribution < -0.4 is 10.6 Å². The van der Waals surface area contributed by atoms with Crippen molar-refractivity contribution in [1.29, 1.82) is 0 Å². The molecule has 2 aliphatic rings. The van der Waals surface area contributed by atoms with Gasteiger partial charge in [0.15, 0.2) is 0 Å². The number of thioether (sulfide) groups is 1. The summed E-state index contributed by atoms with van der Waals surface area (Å²) in [5, 5.41) is 15.6. The summed E-state index contributed by atoms with van der Waals surface area (Å²) < 4.78 is 0. The molecule has 5 heteroatoms. The van der Waals surface area contributed by atoms with Crippen molar-refractivity contribution in [3.63, 3.8) is 0 Å². The molecule has 0 unspecified atom stereocenters. The molecule has 0 saturated heterocycles. The van der Waals surface area contributed by atoms with Gasteiger partial charge in [0, 0.05) is 34.4 Å². The van der Waals surface area contributed by atoms with Crippen molar-refractivity contribution in [3.8, 4) is 0 Å². The molecule has 0 spiro atoms. The molecule has 0 bridgehead atoms. The monoisotopic (exact) mass is 332 g/mol. The number of hydrogen-bond donors (Lipinski definition) is 3. The predicted octanol–water partition coefficient (Wildman–Crippen LogP) is 3.78. The third kappa shape index (κ3) is 4.75. The lowest BCUT2D eigenvalue weighted by Crippen LogP contribution is -2.36. The fourth-order valence-corrected chi connectivity index (χ4v) is 4.42. The largest absolute Gasteiger partial charge is 0.396 e. The Bertz CT molecular complexity index is 553. The summed E-state index contributed by atoms with van der Waals surface area (Å²) in [5.74, 6) is 0.159. The number of hydrogen-bond acceptors (Lipinski definition) is 3. The minimum Gasteiger partial charge on any atom is -0.396 e. The maximum Gasteiger partial charge on any atom is 0.319 e. The van der Waals surface area contributed by atoms with E-state index in [-0.39, 0.29) is 24.6 Å². The van der Waals surface area contributed by atoms with E-state index in [1.54, 1.807) is 0 Å². The van der Waals surface area contributed by atoms with E-state index < -0.39 is 0 Å². The second-order valence-corrected chi connectivity index (χ2v) is 7.69. The van der Waals surface area contributed by atoms with Crippen LogP contribution in [0.2, 0.25) is 0 Å². The van der Waals surface area contributed by atoms with Gasteiger partial charge >= 0.3 is 6.03 Å². The number of rotatable bonds is 5. The van der Waals surface area contributed by atoms with E-state index in [0.29, 0.717) is 0 Å². The number of anilines is 1. The molecule has 0 radical (unpaired) electrons. The van der Waals surface area contributed by atoms with Crippen LogP contribution in [0.3, 0.4) is 0 Å². The van der Waals surface area contributed by atoms with Crippen LogP contribution in [0, 0.1) is 5.92 Å². The van der Waals surface area contributed by atoms with Crippen LogP contribution >= 0.6 is 11.8 Å². The van der Waals surface area contributed by atoms with E-state index in [1.165, 1.54) is 30.6 Å². The number of aliphatic hydroxyl groups excluding tert-OH is 1. The van der Waals surface area contributed by atoms with Crippen LogP contribution in [0.15, 0.2) is 41.3 Å². The quantitative estimate of drug-likeness (QED) is 0.719. The third-order valence-corrected chi connectivity index (χ3v) is 5.79. The smallest absolute Gasteiger partial charge is 0.319 e. The van der Waals surface area contributed by atoms with Crippen molar-refractivity contribution in [1.82, 2.24) is 5.32 Å². The van der Waals surface area contributed by atoms with Gasteiger partial charge in [-0.25, -0.2) is 4.79 Å². The molecule has 124 valence electrons. The number of carbonyl (C=O) groups excluding carboxylic acids is 1. The minimum atomic E-state index is -0.200. The van der Waals surface area contributed by atoms with E-state index in [1.807, 2.05) is 36.0 Å². The second kappa shape index (κ2) is 7.88. The van der Waals surface area contributed by atoms with Gasteiger partial charge in [-0.1, -0.05) is 25.0 Å². The molecule has 2 atom stereocenters. The Morgan fingerprint density at radius 2 is 1.91 bits per heavy atom. The van der Waals surface area contributed by atoms with Crippen molar-refractivity contribution >= 4 is 23.5 Å². The van der Waals surface area contributed by atoms with Crippen molar-refractivity contribution in [3.05, 3.63) is 36.4 Å². The molecule has 2 aliphatic carbocycles. The third-order valence-electron chi connectivity index (χ3n) is 4.44. The number of carbonyl (C=O) groups is 1. The number of urea groups is 1. The van der Waals surface area contributed by atoms with Crippen molar-refractivity contribution < 1.29 is 9.90 Å². The maximum atomic E-state index is 12.0. The van der Waals surface area contributed by atoms with Gasteiger partial charge in [-0.2, -0.15) is 0 Å². The first-order valence-electron chi connectivity index (χ1n) is 8.36. The molecule has 0 heterocycles.